The van der Waals surface area contributed by atoms with E-state index < -0.39 is 23.9 Å². The van der Waals surface area contributed by atoms with Crippen molar-refractivity contribution in [2.45, 2.75) is 12.6 Å². The monoisotopic (exact) mass is 514 g/mol. The fourth-order valence-corrected chi connectivity index (χ4v) is 4.72. The van der Waals surface area contributed by atoms with E-state index in [9.17, 15) is 14.4 Å². The highest BCUT2D eigenvalue weighted by Gasteiger charge is 2.54. The van der Waals surface area contributed by atoms with Gasteiger partial charge < -0.3 is 24.3 Å². The van der Waals surface area contributed by atoms with Crippen LogP contribution in [0.1, 0.15) is 11.1 Å². The smallest absolute Gasteiger partial charge is 0.497 e. The Labute approximate surface area is 218 Å². The number of carbonyl (C=O) groups excluding carboxylic acids is 3. The fraction of sp³-hybridized carbons (Fsp3) is 0.214. The van der Waals surface area contributed by atoms with Crippen molar-refractivity contribution >= 4 is 29.2 Å². The van der Waals surface area contributed by atoms with E-state index in [0.29, 0.717) is 53.2 Å². The molecule has 0 saturated heterocycles. The van der Waals surface area contributed by atoms with Gasteiger partial charge in [0.25, 0.3) is 12.0 Å². The second-order valence-corrected chi connectivity index (χ2v) is 8.93. The van der Waals surface area contributed by atoms with Crippen LogP contribution < -0.4 is 24.3 Å². The first-order valence-electron chi connectivity index (χ1n) is 12.1. The lowest BCUT2D eigenvalue weighted by Gasteiger charge is -2.24. The number of imide groups is 1. The number of methoxy groups -OCH3 is 1. The highest BCUT2D eigenvalue weighted by Crippen LogP contribution is 2.34. The molecule has 6 rings (SSSR count). The summed E-state index contributed by atoms with van der Waals surface area (Å²) in [5.74, 6) is 1.35. The molecule has 0 saturated carbocycles. The average Bonchev–Trinajstić information content (AvgIpc) is 3.33. The Hall–Kier alpha value is -4.86. The van der Waals surface area contributed by atoms with E-state index in [4.69, 9.17) is 18.9 Å². The summed E-state index contributed by atoms with van der Waals surface area (Å²) < 4.78 is 23.6. The number of nitrogens with zero attached hydrogens (tertiary/aromatic N) is 2. The Morgan fingerprint density at radius 2 is 1.76 bits per heavy atom. The van der Waals surface area contributed by atoms with E-state index in [2.05, 4.69) is 5.32 Å². The van der Waals surface area contributed by atoms with E-state index in [1.807, 2.05) is 0 Å². The number of fused-ring (bicyclic) bond motifs is 4. The van der Waals surface area contributed by atoms with Crippen LogP contribution in [0, 0.1) is 0 Å². The summed E-state index contributed by atoms with van der Waals surface area (Å²) in [7, 11) is 1.56. The minimum Gasteiger partial charge on any atom is -0.497 e. The second kappa shape index (κ2) is 9.55. The van der Waals surface area contributed by atoms with Crippen molar-refractivity contribution in [1.29, 1.82) is 0 Å². The first kappa shape index (κ1) is 23.5. The Kier molecular flexibility index (Phi) is 5.91. The molecule has 0 radical (unpaired) electrons. The van der Waals surface area contributed by atoms with Crippen molar-refractivity contribution in [3.8, 4) is 23.0 Å². The molecule has 0 aliphatic carbocycles. The van der Waals surface area contributed by atoms with Gasteiger partial charge in [0.15, 0.2) is 23.8 Å². The molecular formula is C28H24N3O7+. The minimum absolute atomic E-state index is 0.0193. The standard InChI is InChI=1S/C28H23N3O7/c1-35-19-9-6-17(7-10-19)15-31-27(33)26-25(20-4-2-3-5-21(20)38-26)30(28(31)34)16-24(32)29-18-8-11-22-23(14-18)37-13-12-36-22/h2-11,14,26H,12-13,15-16H2,1H3/p+1. The second-order valence-electron chi connectivity index (χ2n) is 8.93. The predicted octanol–water partition coefficient (Wildman–Crippen LogP) is 2.83. The third-order valence-electron chi connectivity index (χ3n) is 6.53. The van der Waals surface area contributed by atoms with Gasteiger partial charge >= 0.3 is 11.9 Å². The number of benzene rings is 3. The van der Waals surface area contributed by atoms with Gasteiger partial charge in [-0.15, -0.1) is 0 Å². The summed E-state index contributed by atoms with van der Waals surface area (Å²) in [4.78, 5) is 41.4. The van der Waals surface area contributed by atoms with Crippen molar-refractivity contribution in [3.05, 3.63) is 77.9 Å². The zero-order valence-electron chi connectivity index (χ0n) is 20.5. The van der Waals surface area contributed by atoms with Gasteiger partial charge in [0.2, 0.25) is 0 Å². The summed E-state index contributed by atoms with van der Waals surface area (Å²) in [6.07, 6.45) is -1.04. The molecule has 3 aromatic carbocycles. The number of nitrogens with one attached hydrogen (secondary N) is 1. The molecule has 38 heavy (non-hydrogen) atoms. The van der Waals surface area contributed by atoms with E-state index in [0.717, 1.165) is 10.5 Å². The molecule has 0 bridgehead atoms. The molecule has 1 unspecified atom stereocenters. The molecule has 3 aliphatic heterocycles. The molecule has 1 atom stereocenters. The van der Waals surface area contributed by atoms with Crippen LogP contribution >= 0.6 is 0 Å². The van der Waals surface area contributed by atoms with Crippen molar-refractivity contribution in [2.24, 2.45) is 0 Å². The van der Waals surface area contributed by atoms with E-state index in [1.165, 1.54) is 4.58 Å². The van der Waals surface area contributed by atoms with Crippen LogP contribution in [0.2, 0.25) is 0 Å². The van der Waals surface area contributed by atoms with Crippen molar-refractivity contribution in [2.75, 3.05) is 32.2 Å². The fourth-order valence-electron chi connectivity index (χ4n) is 4.72. The highest BCUT2D eigenvalue weighted by molar-refractivity contribution is 6.22. The molecule has 3 aromatic rings. The zero-order valence-corrected chi connectivity index (χ0v) is 20.5. The maximum atomic E-state index is 13.7. The summed E-state index contributed by atoms with van der Waals surface area (Å²) in [6.45, 7) is 0.587. The third kappa shape index (κ3) is 4.19. The number of para-hydroxylation sites is 1. The number of amides is 4. The van der Waals surface area contributed by atoms with E-state index in [1.54, 1.807) is 73.8 Å². The van der Waals surface area contributed by atoms with Gasteiger partial charge in [-0.25, -0.2) is 4.79 Å². The minimum atomic E-state index is -1.04. The summed E-state index contributed by atoms with van der Waals surface area (Å²) >= 11 is 0. The summed E-state index contributed by atoms with van der Waals surface area (Å²) in [5.41, 5.74) is 2.20. The molecule has 1 N–H and O–H groups in total. The van der Waals surface area contributed by atoms with Crippen LogP contribution in [-0.2, 0) is 16.1 Å². The van der Waals surface area contributed by atoms with Gasteiger partial charge in [-0.1, -0.05) is 24.3 Å². The lowest BCUT2D eigenvalue weighted by atomic mass is 10.0. The van der Waals surface area contributed by atoms with Gasteiger partial charge in [0.1, 0.15) is 31.3 Å². The SMILES string of the molecule is COc1ccc(CN2C(=O)C3Oc4ccccc4C3=[N+](CC(=O)Nc3ccc4c(c3)OCCO4)C2=O)cc1. The van der Waals surface area contributed by atoms with Gasteiger partial charge in [0, 0.05) is 11.8 Å². The normalized spacial score (nSPS) is 17.5. The predicted molar refractivity (Wildman–Crippen MR) is 135 cm³/mol. The van der Waals surface area contributed by atoms with Crippen molar-refractivity contribution in [1.82, 2.24) is 4.90 Å². The number of hydrogen-bond acceptors (Lipinski definition) is 7. The highest BCUT2D eigenvalue weighted by atomic mass is 16.6. The maximum absolute atomic E-state index is 13.7. The van der Waals surface area contributed by atoms with Gasteiger partial charge in [-0.2, -0.15) is 14.3 Å². The Bertz CT molecular complexity index is 1480. The van der Waals surface area contributed by atoms with Crippen LogP contribution in [-0.4, -0.2) is 66.0 Å². The van der Waals surface area contributed by atoms with Crippen LogP contribution in [0.4, 0.5) is 10.5 Å². The number of anilines is 1. The largest absolute Gasteiger partial charge is 0.501 e. The van der Waals surface area contributed by atoms with Gasteiger partial charge in [-0.05, 0) is 42.0 Å². The van der Waals surface area contributed by atoms with E-state index >= 15 is 0 Å². The van der Waals surface area contributed by atoms with Crippen LogP contribution in [0.5, 0.6) is 23.0 Å². The third-order valence-corrected chi connectivity index (χ3v) is 6.53. The molecule has 0 aromatic heterocycles. The lowest BCUT2D eigenvalue weighted by molar-refractivity contribution is -0.428. The van der Waals surface area contributed by atoms with Gasteiger partial charge in [-0.3, -0.25) is 4.79 Å². The first-order chi connectivity index (χ1) is 18.5. The Morgan fingerprint density at radius 3 is 2.55 bits per heavy atom. The van der Waals surface area contributed by atoms with E-state index in [-0.39, 0.29) is 13.1 Å². The molecule has 3 aliphatic rings. The number of hydrogen-bond donors (Lipinski definition) is 1. The molecule has 10 nitrogen and oxygen atoms in total. The number of ether oxygens (including phenoxy) is 4. The van der Waals surface area contributed by atoms with Crippen molar-refractivity contribution < 1.29 is 37.9 Å². The molecule has 10 heteroatoms. The molecule has 192 valence electrons. The topological polar surface area (TPSA) is 106 Å². The quantitative estimate of drug-likeness (QED) is 0.504. The Morgan fingerprint density at radius 1 is 1.00 bits per heavy atom. The van der Waals surface area contributed by atoms with Crippen LogP contribution in [0.25, 0.3) is 0 Å². The van der Waals surface area contributed by atoms with Crippen molar-refractivity contribution in [3.63, 3.8) is 0 Å². The zero-order chi connectivity index (χ0) is 26.2. The maximum Gasteiger partial charge on any atom is 0.501 e. The van der Waals surface area contributed by atoms with Gasteiger partial charge in [0.05, 0.1) is 12.7 Å². The number of urea groups is 1. The van der Waals surface area contributed by atoms with Crippen LogP contribution in [0.3, 0.4) is 0 Å². The average molecular weight is 515 g/mol. The van der Waals surface area contributed by atoms with Crippen LogP contribution in [0.15, 0.2) is 66.7 Å². The molecule has 4 amide bonds. The Balaban J connectivity index is 1.30. The summed E-state index contributed by atoms with van der Waals surface area (Å²) in [6, 6.07) is 18.7. The molecule has 3 heterocycles. The first-order valence-corrected chi connectivity index (χ1v) is 12.1. The molecule has 0 fully saturated rings. The summed E-state index contributed by atoms with van der Waals surface area (Å²) in [5, 5.41) is 2.81. The molecular weight excluding hydrogens is 490 g/mol. The lowest BCUT2D eigenvalue weighted by Crippen LogP contribution is -2.58. The number of rotatable bonds is 6. The molecule has 0 spiro atoms. The number of carbonyl (C=O) groups is 3.